The van der Waals surface area contributed by atoms with Gasteiger partial charge in [0, 0.05) is 12.0 Å². The number of rotatable bonds is 6. The molecule has 0 atom stereocenters. The number of anilines is 1. The van der Waals surface area contributed by atoms with Crippen molar-refractivity contribution in [1.82, 2.24) is 9.97 Å². The average Bonchev–Trinajstić information content (AvgIpc) is 2.73. The Morgan fingerprint density at radius 1 is 1.10 bits per heavy atom. The molecule has 30 heavy (non-hydrogen) atoms. The van der Waals surface area contributed by atoms with Crippen molar-refractivity contribution in [3.63, 3.8) is 0 Å². The number of nitrogens with one attached hydrogen (secondary N) is 1. The molecule has 2 aromatic carbocycles. The normalized spacial score (nSPS) is 12.4. The van der Waals surface area contributed by atoms with Crippen LogP contribution in [-0.2, 0) is 30.5 Å². The fraction of sp³-hybridized carbons (Fsp3) is 0.320. The van der Waals surface area contributed by atoms with Crippen LogP contribution in [0.5, 0.6) is 5.75 Å². The summed E-state index contributed by atoms with van der Waals surface area (Å²) in [5.41, 5.74) is 5.85. The second-order valence-corrected chi connectivity index (χ2v) is 8.29. The van der Waals surface area contributed by atoms with E-state index in [1.165, 1.54) is 0 Å². The van der Waals surface area contributed by atoms with Crippen molar-refractivity contribution in [2.24, 2.45) is 5.92 Å². The number of fused-ring (bicyclic) bond motifs is 3. The standard InChI is InChI=1S/C25H27N3O2/c1-16(2)14-22-25(28-23(30)13-8-17-6-4-3-5-7-17)27-21-12-9-18-15-19(29)10-11-20(18)24(21)26-22/h3-7,10-11,15-16,29H,8-9,12-14H2,1-2H3,(H,27,28,30). The van der Waals surface area contributed by atoms with Crippen molar-refractivity contribution < 1.29 is 9.90 Å². The second kappa shape index (κ2) is 8.66. The van der Waals surface area contributed by atoms with Gasteiger partial charge in [-0.2, -0.15) is 0 Å². The highest BCUT2D eigenvalue weighted by Crippen LogP contribution is 2.35. The van der Waals surface area contributed by atoms with Gasteiger partial charge in [0.05, 0.1) is 17.1 Å². The van der Waals surface area contributed by atoms with Crippen molar-refractivity contribution in [2.45, 2.75) is 46.0 Å². The first kappa shape index (κ1) is 20.1. The van der Waals surface area contributed by atoms with Crippen LogP contribution >= 0.6 is 0 Å². The maximum absolute atomic E-state index is 12.6. The third kappa shape index (κ3) is 4.51. The number of aromatic nitrogens is 2. The molecule has 1 aromatic heterocycles. The molecule has 0 radical (unpaired) electrons. The van der Waals surface area contributed by atoms with Crippen LogP contribution in [0.2, 0.25) is 0 Å². The molecule has 4 rings (SSSR count). The molecule has 1 aliphatic rings. The number of hydrogen-bond donors (Lipinski definition) is 2. The van der Waals surface area contributed by atoms with Crippen molar-refractivity contribution >= 4 is 11.7 Å². The molecule has 5 heteroatoms. The van der Waals surface area contributed by atoms with Gasteiger partial charge < -0.3 is 10.4 Å². The zero-order chi connectivity index (χ0) is 21.1. The predicted octanol–water partition coefficient (Wildman–Crippen LogP) is 4.72. The molecule has 1 aliphatic carbocycles. The van der Waals surface area contributed by atoms with Crippen molar-refractivity contribution in [3.8, 4) is 17.0 Å². The SMILES string of the molecule is CC(C)Cc1nc2c(nc1NC(=O)CCc1ccccc1)CCc1cc(O)ccc1-2. The number of aromatic hydroxyl groups is 1. The van der Waals surface area contributed by atoms with Gasteiger partial charge in [-0.15, -0.1) is 0 Å². The third-order valence-corrected chi connectivity index (χ3v) is 5.36. The Labute approximate surface area is 177 Å². The van der Waals surface area contributed by atoms with Crippen LogP contribution in [0.25, 0.3) is 11.3 Å². The topological polar surface area (TPSA) is 75.1 Å². The molecule has 0 saturated heterocycles. The van der Waals surface area contributed by atoms with E-state index in [0.29, 0.717) is 24.6 Å². The second-order valence-electron chi connectivity index (χ2n) is 8.29. The Balaban J connectivity index is 1.60. The van der Waals surface area contributed by atoms with Gasteiger partial charge >= 0.3 is 0 Å². The molecule has 1 heterocycles. The van der Waals surface area contributed by atoms with Crippen LogP contribution < -0.4 is 5.32 Å². The van der Waals surface area contributed by atoms with Crippen LogP contribution in [0.4, 0.5) is 5.82 Å². The van der Waals surface area contributed by atoms with E-state index in [2.05, 4.69) is 19.2 Å². The van der Waals surface area contributed by atoms with Gasteiger partial charge in [0.1, 0.15) is 5.75 Å². The summed E-state index contributed by atoms with van der Waals surface area (Å²) in [5.74, 6) is 1.21. The van der Waals surface area contributed by atoms with Gasteiger partial charge in [0.15, 0.2) is 5.82 Å². The van der Waals surface area contributed by atoms with E-state index >= 15 is 0 Å². The Hall–Kier alpha value is -3.21. The molecular formula is C25H27N3O2. The van der Waals surface area contributed by atoms with Gasteiger partial charge in [-0.1, -0.05) is 44.2 Å². The highest BCUT2D eigenvalue weighted by atomic mass is 16.3. The maximum Gasteiger partial charge on any atom is 0.225 e. The minimum atomic E-state index is -0.0424. The lowest BCUT2D eigenvalue weighted by atomic mass is 9.91. The average molecular weight is 402 g/mol. The first-order valence-electron chi connectivity index (χ1n) is 10.6. The first-order valence-corrected chi connectivity index (χ1v) is 10.6. The molecule has 1 amide bonds. The number of benzene rings is 2. The van der Waals surface area contributed by atoms with Crippen LogP contribution in [0, 0.1) is 5.92 Å². The summed E-state index contributed by atoms with van der Waals surface area (Å²) in [7, 11) is 0. The van der Waals surface area contributed by atoms with Crippen LogP contribution in [0.3, 0.4) is 0 Å². The number of phenols is 1. The van der Waals surface area contributed by atoms with Gasteiger partial charge in [-0.3, -0.25) is 4.79 Å². The molecular weight excluding hydrogens is 374 g/mol. The Bertz CT molecular complexity index is 1060. The fourth-order valence-electron chi connectivity index (χ4n) is 3.89. The molecule has 0 aliphatic heterocycles. The van der Waals surface area contributed by atoms with Gasteiger partial charge in [-0.05, 0) is 60.9 Å². The minimum Gasteiger partial charge on any atom is -0.508 e. The summed E-state index contributed by atoms with van der Waals surface area (Å²) >= 11 is 0. The zero-order valence-electron chi connectivity index (χ0n) is 17.5. The molecule has 0 saturated carbocycles. The number of hydrogen-bond acceptors (Lipinski definition) is 4. The molecule has 2 N–H and O–H groups in total. The molecule has 0 spiro atoms. The van der Waals surface area contributed by atoms with E-state index in [4.69, 9.17) is 9.97 Å². The predicted molar refractivity (Wildman–Crippen MR) is 118 cm³/mol. The molecule has 0 unspecified atom stereocenters. The Morgan fingerprint density at radius 2 is 1.90 bits per heavy atom. The monoisotopic (exact) mass is 401 g/mol. The highest BCUT2D eigenvalue weighted by Gasteiger charge is 2.23. The van der Waals surface area contributed by atoms with Crippen LogP contribution in [0.1, 0.15) is 42.8 Å². The van der Waals surface area contributed by atoms with Crippen LogP contribution in [0.15, 0.2) is 48.5 Å². The Morgan fingerprint density at radius 3 is 2.67 bits per heavy atom. The smallest absolute Gasteiger partial charge is 0.225 e. The third-order valence-electron chi connectivity index (χ3n) is 5.36. The fourth-order valence-corrected chi connectivity index (χ4v) is 3.89. The lowest BCUT2D eigenvalue weighted by molar-refractivity contribution is -0.116. The van der Waals surface area contributed by atoms with Crippen LogP contribution in [-0.4, -0.2) is 21.0 Å². The number of carbonyl (C=O) groups excluding carboxylic acids is 1. The van der Waals surface area contributed by atoms with Crippen molar-refractivity contribution in [2.75, 3.05) is 5.32 Å². The highest BCUT2D eigenvalue weighted by molar-refractivity contribution is 5.90. The molecule has 0 bridgehead atoms. The largest absolute Gasteiger partial charge is 0.508 e. The van der Waals surface area contributed by atoms with Crippen molar-refractivity contribution in [3.05, 3.63) is 71.0 Å². The lowest BCUT2D eigenvalue weighted by Gasteiger charge is -2.21. The summed E-state index contributed by atoms with van der Waals surface area (Å²) in [6, 6.07) is 15.4. The lowest BCUT2D eigenvalue weighted by Crippen LogP contribution is -2.19. The van der Waals surface area contributed by atoms with E-state index in [1.54, 1.807) is 12.1 Å². The van der Waals surface area contributed by atoms with E-state index in [-0.39, 0.29) is 11.7 Å². The molecule has 3 aromatic rings. The van der Waals surface area contributed by atoms with E-state index < -0.39 is 0 Å². The molecule has 0 fully saturated rings. The quantitative estimate of drug-likeness (QED) is 0.627. The Kier molecular flexibility index (Phi) is 5.79. The first-order chi connectivity index (χ1) is 14.5. The molecule has 5 nitrogen and oxygen atoms in total. The summed E-state index contributed by atoms with van der Waals surface area (Å²) in [5, 5.41) is 12.8. The number of aryl methyl sites for hydroxylation is 3. The van der Waals surface area contributed by atoms with E-state index in [1.807, 2.05) is 36.4 Å². The minimum absolute atomic E-state index is 0.0424. The summed E-state index contributed by atoms with van der Waals surface area (Å²) in [6.45, 7) is 4.27. The summed E-state index contributed by atoms with van der Waals surface area (Å²) in [6.07, 6.45) is 3.39. The van der Waals surface area contributed by atoms with E-state index in [9.17, 15) is 9.90 Å². The number of amides is 1. The number of carbonyl (C=O) groups is 1. The zero-order valence-corrected chi connectivity index (χ0v) is 17.5. The van der Waals surface area contributed by atoms with Crippen molar-refractivity contribution in [1.29, 1.82) is 0 Å². The van der Waals surface area contributed by atoms with Gasteiger partial charge in [0.25, 0.3) is 0 Å². The maximum atomic E-state index is 12.6. The van der Waals surface area contributed by atoms with Gasteiger partial charge in [0.2, 0.25) is 5.91 Å². The number of phenolic OH excluding ortho intramolecular Hbond substituents is 1. The van der Waals surface area contributed by atoms with E-state index in [0.717, 1.165) is 53.0 Å². The summed E-state index contributed by atoms with van der Waals surface area (Å²) < 4.78 is 0. The molecule has 154 valence electrons. The summed E-state index contributed by atoms with van der Waals surface area (Å²) in [4.78, 5) is 22.4. The number of nitrogens with zero attached hydrogens (tertiary/aromatic N) is 2. The van der Waals surface area contributed by atoms with Gasteiger partial charge in [-0.25, -0.2) is 9.97 Å².